The average molecular weight is 333 g/mol. The van der Waals surface area contributed by atoms with Crippen molar-refractivity contribution < 1.29 is 14.8 Å². The minimum atomic E-state index is -0.420. The van der Waals surface area contributed by atoms with Crippen molar-refractivity contribution in [3.63, 3.8) is 0 Å². The van der Waals surface area contributed by atoms with Crippen molar-refractivity contribution in [1.29, 1.82) is 0 Å². The van der Waals surface area contributed by atoms with Gasteiger partial charge in [0.2, 0.25) is 0 Å². The van der Waals surface area contributed by atoms with Gasteiger partial charge in [0.25, 0.3) is 11.8 Å². The standard InChI is InChI=1S/C15H11ClN3O4/c16-9-5-6-12(13(7-9)19(22)23)17-8-18-14(20)10-3-1-2-4-11(10)15(18)21/h1-7,17,22H,8H2/q-1. The summed E-state index contributed by atoms with van der Waals surface area (Å²) in [7, 11) is 0. The number of halogens is 1. The molecule has 1 heterocycles. The minimum absolute atomic E-state index is 0.117. The summed E-state index contributed by atoms with van der Waals surface area (Å²) in [6, 6.07) is 10.8. The number of anilines is 2. The van der Waals surface area contributed by atoms with Crippen LogP contribution in [0.4, 0.5) is 11.4 Å². The lowest BCUT2D eigenvalue weighted by Gasteiger charge is -2.26. The maximum atomic E-state index is 12.2. The van der Waals surface area contributed by atoms with Crippen LogP contribution in [-0.4, -0.2) is 28.6 Å². The van der Waals surface area contributed by atoms with E-state index in [0.29, 0.717) is 11.1 Å². The lowest BCUT2D eigenvalue weighted by Crippen LogP contribution is -2.34. The molecule has 2 aromatic carbocycles. The molecule has 3 rings (SSSR count). The van der Waals surface area contributed by atoms with Crippen molar-refractivity contribution in [3.05, 3.63) is 63.8 Å². The van der Waals surface area contributed by atoms with Crippen molar-refractivity contribution in [2.24, 2.45) is 0 Å². The number of rotatable bonds is 4. The maximum Gasteiger partial charge on any atom is 0.263 e. The van der Waals surface area contributed by atoms with Crippen LogP contribution in [0.3, 0.4) is 0 Å². The van der Waals surface area contributed by atoms with E-state index in [1.807, 2.05) is 0 Å². The summed E-state index contributed by atoms with van der Waals surface area (Å²) in [5.74, 6) is -0.840. The quantitative estimate of drug-likeness (QED) is 0.660. The Morgan fingerprint density at radius 2 is 1.74 bits per heavy atom. The number of hydrogen-bond donors (Lipinski definition) is 2. The summed E-state index contributed by atoms with van der Waals surface area (Å²) < 4.78 is 0. The molecule has 2 aromatic rings. The molecule has 0 saturated carbocycles. The zero-order chi connectivity index (χ0) is 16.6. The number of carbonyl (C=O) groups excluding carboxylic acids is 2. The van der Waals surface area contributed by atoms with Crippen LogP contribution in [0.5, 0.6) is 0 Å². The van der Waals surface area contributed by atoms with E-state index in [0.717, 1.165) is 4.90 Å². The predicted octanol–water partition coefficient (Wildman–Crippen LogP) is 2.70. The molecular weight excluding hydrogens is 322 g/mol. The molecule has 2 N–H and O–H groups in total. The van der Waals surface area contributed by atoms with E-state index >= 15 is 0 Å². The highest BCUT2D eigenvalue weighted by Gasteiger charge is 2.34. The molecule has 1 aliphatic rings. The van der Waals surface area contributed by atoms with E-state index in [2.05, 4.69) is 5.32 Å². The Hall–Kier alpha value is -2.61. The minimum Gasteiger partial charge on any atom is -0.733 e. The zero-order valence-electron chi connectivity index (χ0n) is 11.7. The van der Waals surface area contributed by atoms with Gasteiger partial charge in [-0.25, -0.2) is 0 Å². The molecule has 0 aliphatic carbocycles. The number of carbonyl (C=O) groups is 2. The smallest absolute Gasteiger partial charge is 0.263 e. The van der Waals surface area contributed by atoms with Crippen LogP contribution < -0.4 is 10.5 Å². The van der Waals surface area contributed by atoms with Crippen LogP contribution in [0, 0.1) is 5.21 Å². The Kier molecular flexibility index (Phi) is 3.91. The molecule has 8 heteroatoms. The van der Waals surface area contributed by atoms with Crippen LogP contribution in [0.15, 0.2) is 42.5 Å². The van der Waals surface area contributed by atoms with Gasteiger partial charge in [-0.15, -0.1) is 0 Å². The van der Waals surface area contributed by atoms with Crippen molar-refractivity contribution >= 4 is 34.8 Å². The van der Waals surface area contributed by atoms with Gasteiger partial charge >= 0.3 is 0 Å². The van der Waals surface area contributed by atoms with E-state index in [9.17, 15) is 14.8 Å². The van der Waals surface area contributed by atoms with Gasteiger partial charge in [0.1, 0.15) is 0 Å². The molecule has 0 saturated heterocycles. The van der Waals surface area contributed by atoms with Crippen molar-refractivity contribution in [2.45, 2.75) is 0 Å². The monoisotopic (exact) mass is 332 g/mol. The summed E-state index contributed by atoms with van der Waals surface area (Å²) in [4.78, 5) is 25.5. The van der Waals surface area contributed by atoms with Crippen LogP contribution in [0.25, 0.3) is 0 Å². The first kappa shape index (κ1) is 15.3. The SMILES string of the molecule is O=C1c2ccccc2C(=O)N1CNc1ccc(Cl)cc1N([O-])O. The second-order valence-corrected chi connectivity index (χ2v) is 5.29. The lowest BCUT2D eigenvalue weighted by molar-refractivity contribution is 0.0666. The summed E-state index contributed by atoms with van der Waals surface area (Å²) in [6.07, 6.45) is 0. The van der Waals surface area contributed by atoms with Gasteiger partial charge in [-0.3, -0.25) is 19.7 Å². The largest absolute Gasteiger partial charge is 0.733 e. The molecule has 0 aromatic heterocycles. The Bertz CT molecular complexity index is 759. The van der Waals surface area contributed by atoms with Crippen LogP contribution >= 0.6 is 11.6 Å². The first-order valence-electron chi connectivity index (χ1n) is 6.64. The lowest BCUT2D eigenvalue weighted by atomic mass is 10.1. The third kappa shape index (κ3) is 2.72. The zero-order valence-corrected chi connectivity index (χ0v) is 12.4. The number of amides is 2. The van der Waals surface area contributed by atoms with Gasteiger partial charge in [0, 0.05) is 5.02 Å². The fourth-order valence-electron chi connectivity index (χ4n) is 2.36. The van der Waals surface area contributed by atoms with Gasteiger partial charge in [-0.1, -0.05) is 23.7 Å². The van der Waals surface area contributed by atoms with Crippen molar-refractivity contribution in [1.82, 2.24) is 4.90 Å². The summed E-state index contributed by atoms with van der Waals surface area (Å²) in [5, 5.41) is 23.0. The van der Waals surface area contributed by atoms with E-state index in [1.54, 1.807) is 24.3 Å². The molecule has 7 nitrogen and oxygen atoms in total. The maximum absolute atomic E-state index is 12.2. The van der Waals surface area contributed by atoms with E-state index < -0.39 is 11.8 Å². The third-order valence-electron chi connectivity index (χ3n) is 3.47. The van der Waals surface area contributed by atoms with Gasteiger partial charge in [0.15, 0.2) is 0 Å². The molecule has 1 aliphatic heterocycles. The second kappa shape index (κ2) is 5.88. The number of imide groups is 1. The Balaban J connectivity index is 1.80. The topological polar surface area (TPSA) is 95.9 Å². The van der Waals surface area contributed by atoms with Crippen LogP contribution in [0.2, 0.25) is 5.02 Å². The fourth-order valence-corrected chi connectivity index (χ4v) is 2.53. The number of hydrogen-bond acceptors (Lipinski definition) is 6. The Labute approximate surface area is 136 Å². The predicted molar refractivity (Wildman–Crippen MR) is 84.5 cm³/mol. The molecule has 0 radical (unpaired) electrons. The highest BCUT2D eigenvalue weighted by atomic mass is 35.5. The Morgan fingerprint density at radius 1 is 1.13 bits per heavy atom. The first-order chi connectivity index (χ1) is 11.0. The van der Waals surface area contributed by atoms with E-state index in [-0.39, 0.29) is 28.3 Å². The molecule has 118 valence electrons. The molecule has 0 bridgehead atoms. The normalized spacial score (nSPS) is 13.3. The highest BCUT2D eigenvalue weighted by molar-refractivity contribution is 6.31. The Morgan fingerprint density at radius 3 is 2.30 bits per heavy atom. The number of nitrogens with zero attached hydrogens (tertiary/aromatic N) is 2. The van der Waals surface area contributed by atoms with Crippen LogP contribution in [-0.2, 0) is 0 Å². The van der Waals surface area contributed by atoms with Gasteiger partial charge in [-0.2, -0.15) is 0 Å². The van der Waals surface area contributed by atoms with Crippen molar-refractivity contribution in [2.75, 3.05) is 17.2 Å². The first-order valence-corrected chi connectivity index (χ1v) is 7.01. The molecule has 0 spiro atoms. The molecule has 0 fully saturated rings. The van der Waals surface area contributed by atoms with Crippen molar-refractivity contribution in [3.8, 4) is 0 Å². The van der Waals surface area contributed by atoms with Gasteiger partial charge in [-0.05, 0) is 30.3 Å². The summed E-state index contributed by atoms with van der Waals surface area (Å²) in [5.41, 5.74) is 0.795. The van der Waals surface area contributed by atoms with E-state index in [1.165, 1.54) is 18.2 Å². The summed E-state index contributed by atoms with van der Waals surface area (Å²) in [6.45, 7) is -0.144. The average Bonchev–Trinajstić information content (AvgIpc) is 2.78. The van der Waals surface area contributed by atoms with Gasteiger partial charge in [0.05, 0.1) is 29.2 Å². The molecule has 0 atom stereocenters. The third-order valence-corrected chi connectivity index (χ3v) is 3.71. The number of nitrogens with one attached hydrogen (secondary N) is 1. The summed E-state index contributed by atoms with van der Waals surface area (Å²) >= 11 is 5.77. The number of fused-ring (bicyclic) bond motifs is 1. The van der Waals surface area contributed by atoms with E-state index in [4.69, 9.17) is 16.8 Å². The number of benzene rings is 2. The molecule has 0 unspecified atom stereocenters. The second-order valence-electron chi connectivity index (χ2n) is 4.85. The highest BCUT2D eigenvalue weighted by Crippen LogP contribution is 2.29. The molecule has 23 heavy (non-hydrogen) atoms. The molecule has 2 amide bonds. The fraction of sp³-hybridized carbons (Fsp3) is 0.0667. The van der Waals surface area contributed by atoms with Crippen LogP contribution in [0.1, 0.15) is 20.7 Å². The van der Waals surface area contributed by atoms with Gasteiger partial charge < -0.3 is 15.8 Å². The molecular formula is C15H11ClN3O4-.